The van der Waals surface area contributed by atoms with Crippen molar-refractivity contribution in [1.82, 2.24) is 9.38 Å². The lowest BCUT2D eigenvalue weighted by molar-refractivity contribution is 0.0690. The molecule has 104 valence electrons. The standard InChI is InChI=1S/C14H16N4O2/c1-3-17(9-10(2)8-15)13-12(14(19)20)18-7-5-4-6-11(18)16-13/h4-7,10H,3,9H2,1-2H3,(H,19,20). The maximum atomic E-state index is 11.5. The molecule has 0 fully saturated rings. The summed E-state index contributed by atoms with van der Waals surface area (Å²) in [5.41, 5.74) is 0.718. The number of fused-ring (bicyclic) bond motifs is 1. The largest absolute Gasteiger partial charge is 0.476 e. The number of aromatic carboxylic acids is 1. The minimum absolute atomic E-state index is 0.132. The summed E-state index contributed by atoms with van der Waals surface area (Å²) in [6.07, 6.45) is 1.68. The third-order valence-electron chi connectivity index (χ3n) is 3.11. The Kier molecular flexibility index (Phi) is 3.89. The number of carboxylic acids is 1. The Morgan fingerprint density at radius 2 is 2.35 bits per heavy atom. The molecule has 2 heterocycles. The zero-order valence-electron chi connectivity index (χ0n) is 11.4. The van der Waals surface area contributed by atoms with Gasteiger partial charge in [0, 0.05) is 19.3 Å². The number of anilines is 1. The van der Waals surface area contributed by atoms with Crippen LogP contribution in [0.15, 0.2) is 24.4 Å². The Morgan fingerprint density at radius 1 is 1.60 bits per heavy atom. The molecule has 0 radical (unpaired) electrons. The average molecular weight is 272 g/mol. The second-order valence-corrected chi connectivity index (χ2v) is 4.59. The van der Waals surface area contributed by atoms with Crippen molar-refractivity contribution in [2.45, 2.75) is 13.8 Å². The molecule has 0 aliphatic rings. The highest BCUT2D eigenvalue weighted by atomic mass is 16.4. The zero-order chi connectivity index (χ0) is 14.7. The Balaban J connectivity index is 2.54. The molecule has 0 aromatic carbocycles. The Morgan fingerprint density at radius 3 is 2.95 bits per heavy atom. The van der Waals surface area contributed by atoms with Crippen LogP contribution in [0.25, 0.3) is 5.65 Å². The van der Waals surface area contributed by atoms with Crippen LogP contribution in [-0.2, 0) is 0 Å². The first-order chi connectivity index (χ1) is 9.58. The number of nitriles is 1. The molecule has 0 saturated heterocycles. The fraction of sp³-hybridized carbons (Fsp3) is 0.357. The molecule has 6 nitrogen and oxygen atoms in total. The molecule has 2 aromatic heterocycles. The van der Waals surface area contributed by atoms with Crippen molar-refractivity contribution in [3.05, 3.63) is 30.1 Å². The van der Waals surface area contributed by atoms with E-state index in [0.29, 0.717) is 24.6 Å². The van der Waals surface area contributed by atoms with E-state index in [9.17, 15) is 9.90 Å². The third kappa shape index (κ3) is 2.43. The summed E-state index contributed by atoms with van der Waals surface area (Å²) >= 11 is 0. The van der Waals surface area contributed by atoms with E-state index in [1.807, 2.05) is 17.9 Å². The van der Waals surface area contributed by atoms with Gasteiger partial charge in [-0.15, -0.1) is 0 Å². The average Bonchev–Trinajstić information content (AvgIpc) is 2.83. The molecular formula is C14H16N4O2. The highest BCUT2D eigenvalue weighted by Gasteiger charge is 2.23. The van der Waals surface area contributed by atoms with Crippen molar-refractivity contribution in [2.75, 3.05) is 18.0 Å². The lowest BCUT2D eigenvalue weighted by atomic mass is 10.2. The molecule has 6 heteroatoms. The van der Waals surface area contributed by atoms with E-state index in [-0.39, 0.29) is 11.6 Å². The van der Waals surface area contributed by atoms with Gasteiger partial charge in [0.1, 0.15) is 5.65 Å². The minimum Gasteiger partial charge on any atom is -0.476 e. The van der Waals surface area contributed by atoms with Crippen LogP contribution in [0.3, 0.4) is 0 Å². The van der Waals surface area contributed by atoms with Gasteiger partial charge in [0.05, 0.1) is 12.0 Å². The molecule has 0 spiro atoms. The molecule has 20 heavy (non-hydrogen) atoms. The molecule has 2 aromatic rings. The van der Waals surface area contributed by atoms with E-state index in [0.717, 1.165) is 0 Å². The second-order valence-electron chi connectivity index (χ2n) is 4.59. The number of carboxylic acid groups (broad SMARTS) is 1. The number of hydrogen-bond donors (Lipinski definition) is 1. The summed E-state index contributed by atoms with van der Waals surface area (Å²) in [5.74, 6) is -0.809. The lowest BCUT2D eigenvalue weighted by Gasteiger charge is -2.22. The quantitative estimate of drug-likeness (QED) is 0.900. The van der Waals surface area contributed by atoms with Crippen LogP contribution < -0.4 is 4.90 Å². The zero-order valence-corrected chi connectivity index (χ0v) is 11.4. The van der Waals surface area contributed by atoms with Crippen LogP contribution in [0.4, 0.5) is 5.82 Å². The Hall–Kier alpha value is -2.55. The van der Waals surface area contributed by atoms with E-state index in [4.69, 9.17) is 5.26 Å². The van der Waals surface area contributed by atoms with Gasteiger partial charge in [-0.25, -0.2) is 9.78 Å². The molecule has 0 aliphatic heterocycles. The maximum absolute atomic E-state index is 11.5. The number of carbonyl (C=O) groups is 1. The van der Waals surface area contributed by atoms with Crippen molar-refractivity contribution < 1.29 is 9.90 Å². The monoisotopic (exact) mass is 272 g/mol. The summed E-state index contributed by atoms with van der Waals surface area (Å²) in [4.78, 5) is 17.7. The van der Waals surface area contributed by atoms with Crippen LogP contribution in [0.2, 0.25) is 0 Å². The van der Waals surface area contributed by atoms with Gasteiger partial charge < -0.3 is 10.0 Å². The van der Waals surface area contributed by atoms with E-state index in [1.165, 1.54) is 0 Å². The summed E-state index contributed by atoms with van der Waals surface area (Å²) in [6.45, 7) is 4.77. The van der Waals surface area contributed by atoms with Crippen molar-refractivity contribution >= 4 is 17.4 Å². The molecule has 1 atom stereocenters. The normalized spacial score (nSPS) is 12.1. The number of pyridine rings is 1. The Bertz CT molecular complexity index is 671. The molecule has 0 bridgehead atoms. The lowest BCUT2D eigenvalue weighted by Crippen LogP contribution is -2.29. The number of imidazole rings is 1. The van der Waals surface area contributed by atoms with E-state index < -0.39 is 5.97 Å². The summed E-state index contributed by atoms with van der Waals surface area (Å²) < 4.78 is 1.55. The fourth-order valence-electron chi connectivity index (χ4n) is 2.14. The van der Waals surface area contributed by atoms with Crippen LogP contribution in [0, 0.1) is 17.2 Å². The minimum atomic E-state index is -1.03. The van der Waals surface area contributed by atoms with Gasteiger partial charge in [0.15, 0.2) is 11.5 Å². The highest BCUT2D eigenvalue weighted by Crippen LogP contribution is 2.22. The molecule has 0 aliphatic carbocycles. The van der Waals surface area contributed by atoms with Crippen molar-refractivity contribution in [3.8, 4) is 6.07 Å². The first-order valence-electron chi connectivity index (χ1n) is 6.43. The van der Waals surface area contributed by atoms with Crippen LogP contribution >= 0.6 is 0 Å². The van der Waals surface area contributed by atoms with Gasteiger partial charge in [-0.2, -0.15) is 5.26 Å². The van der Waals surface area contributed by atoms with E-state index >= 15 is 0 Å². The van der Waals surface area contributed by atoms with Gasteiger partial charge >= 0.3 is 5.97 Å². The molecular weight excluding hydrogens is 256 g/mol. The number of hydrogen-bond acceptors (Lipinski definition) is 4. The summed E-state index contributed by atoms with van der Waals surface area (Å²) in [7, 11) is 0. The molecule has 1 unspecified atom stereocenters. The number of aromatic nitrogens is 2. The van der Waals surface area contributed by atoms with Crippen molar-refractivity contribution in [3.63, 3.8) is 0 Å². The first kappa shape index (κ1) is 13.9. The van der Waals surface area contributed by atoms with Crippen molar-refractivity contribution in [1.29, 1.82) is 5.26 Å². The smallest absolute Gasteiger partial charge is 0.356 e. The van der Waals surface area contributed by atoms with Crippen molar-refractivity contribution in [2.24, 2.45) is 5.92 Å². The predicted octanol–water partition coefficient (Wildman–Crippen LogP) is 2.02. The highest BCUT2D eigenvalue weighted by molar-refractivity contribution is 5.93. The predicted molar refractivity (Wildman–Crippen MR) is 74.8 cm³/mol. The molecule has 0 saturated carbocycles. The second kappa shape index (κ2) is 5.61. The maximum Gasteiger partial charge on any atom is 0.356 e. The van der Waals surface area contributed by atoms with E-state index in [1.54, 1.807) is 29.7 Å². The van der Waals surface area contributed by atoms with Gasteiger partial charge in [-0.05, 0) is 26.0 Å². The first-order valence-corrected chi connectivity index (χ1v) is 6.43. The molecule has 1 N–H and O–H groups in total. The van der Waals surface area contributed by atoms with Crippen LogP contribution in [0.1, 0.15) is 24.3 Å². The number of rotatable bonds is 5. The number of nitrogens with zero attached hydrogens (tertiary/aromatic N) is 4. The summed E-state index contributed by atoms with van der Waals surface area (Å²) in [6, 6.07) is 7.49. The SMILES string of the molecule is CCN(CC(C)C#N)c1nc2ccccn2c1C(=O)O. The van der Waals surface area contributed by atoms with Gasteiger partial charge in [0.25, 0.3) is 0 Å². The van der Waals surface area contributed by atoms with E-state index in [2.05, 4.69) is 11.1 Å². The fourth-order valence-corrected chi connectivity index (χ4v) is 2.14. The molecule has 2 rings (SSSR count). The third-order valence-corrected chi connectivity index (χ3v) is 3.11. The molecule has 0 amide bonds. The Labute approximate surface area is 116 Å². The topological polar surface area (TPSA) is 81.6 Å². The van der Waals surface area contributed by atoms with Crippen LogP contribution in [0.5, 0.6) is 0 Å². The summed E-state index contributed by atoms with van der Waals surface area (Å²) in [5, 5.41) is 18.4. The van der Waals surface area contributed by atoms with Crippen LogP contribution in [-0.4, -0.2) is 33.6 Å². The van der Waals surface area contributed by atoms with Gasteiger partial charge in [-0.3, -0.25) is 4.40 Å². The van der Waals surface area contributed by atoms with Gasteiger partial charge in [0.2, 0.25) is 0 Å². The van der Waals surface area contributed by atoms with Gasteiger partial charge in [-0.1, -0.05) is 6.07 Å².